The minimum Gasteiger partial charge on any atom is -0.468 e. The van der Waals surface area contributed by atoms with E-state index < -0.39 is 5.97 Å². The topological polar surface area (TPSA) is 93.7 Å². The maximum atomic E-state index is 11.3. The molecule has 1 aromatic heterocycles. The van der Waals surface area contributed by atoms with Gasteiger partial charge < -0.3 is 4.74 Å². The summed E-state index contributed by atoms with van der Waals surface area (Å²) in [6.07, 6.45) is 0. The maximum Gasteiger partial charge on any atom is 0.327 e. The second-order valence-corrected chi connectivity index (χ2v) is 4.92. The van der Waals surface area contributed by atoms with Gasteiger partial charge in [0.1, 0.15) is 12.6 Å². The van der Waals surface area contributed by atoms with Crippen molar-refractivity contribution in [1.29, 1.82) is 5.26 Å². The van der Waals surface area contributed by atoms with E-state index in [0.29, 0.717) is 10.7 Å². The highest BCUT2D eigenvalue weighted by Crippen LogP contribution is 2.28. The summed E-state index contributed by atoms with van der Waals surface area (Å²) in [6, 6.07) is 7.65. The lowest BCUT2D eigenvalue weighted by Gasteiger charge is -2.05. The number of hydrogen-bond acceptors (Lipinski definition) is 7. The molecule has 0 saturated heterocycles. The molecule has 0 spiro atoms. The first-order valence-corrected chi connectivity index (χ1v) is 6.47. The number of rotatable bonds is 4. The normalized spacial score (nSPS) is 10.1. The molecule has 2 rings (SSSR count). The van der Waals surface area contributed by atoms with Crippen molar-refractivity contribution in [2.45, 2.75) is 23.5 Å². The van der Waals surface area contributed by atoms with Crippen molar-refractivity contribution in [2.75, 3.05) is 7.11 Å². The molecular weight excluding hydrogens is 278 g/mol. The van der Waals surface area contributed by atoms with Crippen LogP contribution in [0.5, 0.6) is 0 Å². The largest absolute Gasteiger partial charge is 0.468 e. The molecule has 8 heteroatoms. The molecule has 0 aliphatic heterocycles. The summed E-state index contributed by atoms with van der Waals surface area (Å²) < 4.78 is 5.90. The second-order valence-electron chi connectivity index (χ2n) is 3.91. The molecule has 1 heterocycles. The maximum absolute atomic E-state index is 11.3. The van der Waals surface area contributed by atoms with E-state index in [9.17, 15) is 4.79 Å². The van der Waals surface area contributed by atoms with E-state index in [2.05, 4.69) is 26.3 Å². The molecule has 7 nitrogen and oxygen atoms in total. The molecule has 20 heavy (non-hydrogen) atoms. The first-order valence-electron chi connectivity index (χ1n) is 5.65. The summed E-state index contributed by atoms with van der Waals surface area (Å²) in [4.78, 5) is 12.0. The molecule has 0 unspecified atom stereocenters. The monoisotopic (exact) mass is 289 g/mol. The highest BCUT2D eigenvalue weighted by molar-refractivity contribution is 7.99. The fourth-order valence-corrected chi connectivity index (χ4v) is 2.31. The van der Waals surface area contributed by atoms with Crippen molar-refractivity contribution in [3.8, 4) is 6.07 Å². The van der Waals surface area contributed by atoms with Gasteiger partial charge in [-0.1, -0.05) is 6.07 Å². The smallest absolute Gasteiger partial charge is 0.327 e. The average molecular weight is 289 g/mol. The lowest BCUT2D eigenvalue weighted by Crippen LogP contribution is -2.13. The molecule has 102 valence electrons. The Bertz CT molecular complexity index is 677. The van der Waals surface area contributed by atoms with Crippen molar-refractivity contribution in [3.63, 3.8) is 0 Å². The summed E-state index contributed by atoms with van der Waals surface area (Å²) in [5, 5.41) is 20.7. The molecule has 0 aliphatic carbocycles. The molecular formula is C12H11N5O2S. The number of aromatic nitrogens is 4. The van der Waals surface area contributed by atoms with Gasteiger partial charge in [0.05, 0.1) is 12.7 Å². The van der Waals surface area contributed by atoms with Gasteiger partial charge in [-0.15, -0.1) is 5.10 Å². The van der Waals surface area contributed by atoms with E-state index in [1.807, 2.05) is 19.1 Å². The average Bonchev–Trinajstić information content (AvgIpc) is 2.87. The third-order valence-corrected chi connectivity index (χ3v) is 3.51. The fraction of sp³-hybridized carbons (Fsp3) is 0.250. The van der Waals surface area contributed by atoms with Crippen LogP contribution >= 0.6 is 11.8 Å². The van der Waals surface area contributed by atoms with E-state index >= 15 is 0 Å². The summed E-state index contributed by atoms with van der Waals surface area (Å²) >= 11 is 1.23. The molecule has 1 aromatic carbocycles. The molecule has 2 aromatic rings. The minimum atomic E-state index is -0.441. The lowest BCUT2D eigenvalue weighted by atomic mass is 10.2. The Morgan fingerprint density at radius 3 is 3.05 bits per heavy atom. The van der Waals surface area contributed by atoms with Crippen molar-refractivity contribution in [2.24, 2.45) is 0 Å². The fourth-order valence-electron chi connectivity index (χ4n) is 1.47. The van der Waals surface area contributed by atoms with Gasteiger partial charge in [-0.05, 0) is 46.8 Å². The molecule has 0 amide bonds. The van der Waals surface area contributed by atoms with Crippen LogP contribution in [0.15, 0.2) is 28.3 Å². The number of tetrazole rings is 1. The van der Waals surface area contributed by atoms with Gasteiger partial charge in [-0.25, -0.2) is 4.68 Å². The molecule has 0 atom stereocenters. The van der Waals surface area contributed by atoms with Crippen molar-refractivity contribution < 1.29 is 9.53 Å². The highest BCUT2D eigenvalue weighted by atomic mass is 32.2. The van der Waals surface area contributed by atoms with Gasteiger partial charge in [0.25, 0.3) is 0 Å². The number of aryl methyl sites for hydroxylation is 1. The number of ether oxygens (including phenoxy) is 1. The van der Waals surface area contributed by atoms with Crippen molar-refractivity contribution >= 4 is 17.7 Å². The quantitative estimate of drug-likeness (QED) is 0.780. The van der Waals surface area contributed by atoms with Gasteiger partial charge in [-0.3, -0.25) is 4.79 Å². The Morgan fingerprint density at radius 2 is 2.35 bits per heavy atom. The zero-order chi connectivity index (χ0) is 14.5. The molecule has 0 fully saturated rings. The Labute approximate surface area is 119 Å². The Morgan fingerprint density at radius 1 is 1.55 bits per heavy atom. The van der Waals surface area contributed by atoms with Gasteiger partial charge in [-0.2, -0.15) is 5.26 Å². The van der Waals surface area contributed by atoms with E-state index in [1.54, 1.807) is 6.07 Å². The Balaban J connectivity index is 2.25. The summed E-state index contributed by atoms with van der Waals surface area (Å²) in [6.45, 7) is 1.84. The number of hydrogen-bond donors (Lipinski definition) is 0. The predicted molar refractivity (Wildman–Crippen MR) is 69.9 cm³/mol. The number of nitriles is 1. The Kier molecular flexibility index (Phi) is 4.32. The highest BCUT2D eigenvalue weighted by Gasteiger charge is 2.14. The van der Waals surface area contributed by atoms with Crippen LogP contribution in [0.25, 0.3) is 0 Å². The van der Waals surface area contributed by atoms with Gasteiger partial charge in [0.15, 0.2) is 0 Å². The summed E-state index contributed by atoms with van der Waals surface area (Å²) in [5.41, 5.74) is 1.54. The van der Waals surface area contributed by atoms with Crippen LogP contribution in [0, 0.1) is 18.3 Å². The lowest BCUT2D eigenvalue weighted by molar-refractivity contribution is -0.141. The number of nitrogens with zero attached hydrogens (tertiary/aromatic N) is 5. The van der Waals surface area contributed by atoms with E-state index in [0.717, 1.165) is 10.5 Å². The number of carbonyl (C=O) groups is 1. The Hall–Kier alpha value is -2.40. The molecule has 0 saturated carbocycles. The third-order valence-electron chi connectivity index (χ3n) is 2.46. The molecule has 0 aliphatic rings. The number of benzene rings is 1. The molecule has 0 bridgehead atoms. The predicted octanol–water partition coefficient (Wildman–Crippen LogP) is 1.18. The van der Waals surface area contributed by atoms with Crippen LogP contribution in [0.4, 0.5) is 0 Å². The van der Waals surface area contributed by atoms with Crippen LogP contribution < -0.4 is 0 Å². The van der Waals surface area contributed by atoms with Crippen LogP contribution in [0.3, 0.4) is 0 Å². The first kappa shape index (κ1) is 14.0. The summed E-state index contributed by atoms with van der Waals surface area (Å²) in [7, 11) is 1.30. The zero-order valence-corrected chi connectivity index (χ0v) is 11.7. The van der Waals surface area contributed by atoms with E-state index in [1.165, 1.54) is 23.6 Å². The number of esters is 1. The van der Waals surface area contributed by atoms with Gasteiger partial charge >= 0.3 is 5.97 Å². The van der Waals surface area contributed by atoms with E-state index in [-0.39, 0.29) is 6.54 Å². The molecule has 0 N–H and O–H groups in total. The van der Waals surface area contributed by atoms with Crippen LogP contribution in [0.2, 0.25) is 0 Å². The second kappa shape index (κ2) is 6.16. The van der Waals surface area contributed by atoms with Crippen LogP contribution in [-0.4, -0.2) is 33.3 Å². The SMILES string of the molecule is COC(=O)Cn1nnnc1Sc1ccc(C)cc1C#N. The number of methoxy groups -OCH3 is 1. The van der Waals surface area contributed by atoms with E-state index in [4.69, 9.17) is 5.26 Å². The van der Waals surface area contributed by atoms with Crippen molar-refractivity contribution in [3.05, 3.63) is 29.3 Å². The van der Waals surface area contributed by atoms with Crippen LogP contribution in [-0.2, 0) is 16.1 Å². The zero-order valence-electron chi connectivity index (χ0n) is 10.9. The standard InChI is InChI=1S/C12H11N5O2S/c1-8-3-4-10(9(5-8)6-13)20-12-14-15-16-17(12)7-11(18)19-2/h3-5H,7H2,1-2H3. The van der Waals surface area contributed by atoms with Gasteiger partial charge in [0, 0.05) is 4.90 Å². The first-order chi connectivity index (χ1) is 9.63. The van der Waals surface area contributed by atoms with Gasteiger partial charge in [0.2, 0.25) is 5.16 Å². The van der Waals surface area contributed by atoms with Crippen LogP contribution in [0.1, 0.15) is 11.1 Å². The summed E-state index contributed by atoms with van der Waals surface area (Å²) in [5.74, 6) is -0.441. The van der Waals surface area contributed by atoms with Crippen molar-refractivity contribution in [1.82, 2.24) is 20.2 Å². The number of carbonyl (C=O) groups excluding carboxylic acids is 1. The third kappa shape index (κ3) is 3.13. The minimum absolute atomic E-state index is 0.0699. The molecule has 0 radical (unpaired) electrons.